The van der Waals surface area contributed by atoms with Crippen molar-refractivity contribution in [3.63, 3.8) is 0 Å². The molecule has 3 rings (SSSR count). The fourth-order valence-electron chi connectivity index (χ4n) is 3.00. The van der Waals surface area contributed by atoms with E-state index in [1.807, 2.05) is 20.8 Å². The number of hydrogen-bond donors (Lipinski definition) is 0. The summed E-state index contributed by atoms with van der Waals surface area (Å²) in [6, 6.07) is 4.27. The van der Waals surface area contributed by atoms with E-state index >= 15 is 0 Å². The van der Waals surface area contributed by atoms with Crippen LogP contribution in [0.2, 0.25) is 0 Å². The maximum atomic E-state index is 12.5. The Balaban J connectivity index is 0.000000319. The summed E-state index contributed by atoms with van der Waals surface area (Å²) in [5, 5.41) is 0. The van der Waals surface area contributed by atoms with Crippen LogP contribution in [0.4, 0.5) is 31.1 Å². The molecule has 2 aromatic rings. The number of ether oxygens (including phenoxy) is 1. The Hall–Kier alpha value is -3.22. The van der Waals surface area contributed by atoms with Crippen LogP contribution in [0.15, 0.2) is 36.7 Å². The van der Waals surface area contributed by atoms with Gasteiger partial charge in [0.15, 0.2) is 6.29 Å². The van der Waals surface area contributed by atoms with E-state index in [0.717, 1.165) is 24.4 Å². The lowest BCUT2D eigenvalue weighted by Gasteiger charge is -2.35. The van der Waals surface area contributed by atoms with Gasteiger partial charge in [-0.2, -0.15) is 26.3 Å². The predicted octanol–water partition coefficient (Wildman–Crippen LogP) is 5.07. The molecule has 13 heteroatoms. The van der Waals surface area contributed by atoms with Crippen molar-refractivity contribution in [3.05, 3.63) is 59.2 Å². The largest absolute Gasteiger partial charge is 0.444 e. The van der Waals surface area contributed by atoms with Crippen molar-refractivity contribution in [3.8, 4) is 0 Å². The second kappa shape index (κ2) is 11.7. The molecule has 0 spiro atoms. The number of aldehydes is 1. The molecule has 1 aliphatic rings. The summed E-state index contributed by atoms with van der Waals surface area (Å²) in [6.45, 7) is 8.30. The van der Waals surface area contributed by atoms with Gasteiger partial charge in [0.1, 0.15) is 17.0 Å². The standard InChI is InChI=1S/C16H22F3N3O2.C7H4F3NO/c1-15(2,3)24-14(23)22-8-6-21(7-9-22)11-12-4-5-13(20-10-12)16(17,18)19;8-7(9,10)6-2-1-5(4-12)3-11-6/h4-5,10H,6-9,11H2,1-3H3;1-4H. The Morgan fingerprint density at radius 1 is 0.889 bits per heavy atom. The molecule has 1 fully saturated rings. The molecule has 3 heterocycles. The van der Waals surface area contributed by atoms with Crippen molar-refractivity contribution in [2.24, 2.45) is 0 Å². The van der Waals surface area contributed by atoms with Crippen molar-refractivity contribution in [2.45, 2.75) is 45.3 Å². The van der Waals surface area contributed by atoms with E-state index in [2.05, 4.69) is 14.9 Å². The van der Waals surface area contributed by atoms with Crippen molar-refractivity contribution in [2.75, 3.05) is 26.2 Å². The van der Waals surface area contributed by atoms with Crippen LogP contribution >= 0.6 is 0 Å². The normalized spacial score (nSPS) is 15.1. The number of carbonyl (C=O) groups excluding carboxylic acids is 2. The van der Waals surface area contributed by atoms with Crippen LogP contribution in [0.3, 0.4) is 0 Å². The zero-order valence-corrected chi connectivity index (χ0v) is 19.9. The third kappa shape index (κ3) is 9.44. The summed E-state index contributed by atoms with van der Waals surface area (Å²) in [5.41, 5.74) is -1.56. The van der Waals surface area contributed by atoms with Gasteiger partial charge in [-0.25, -0.2) is 4.79 Å². The van der Waals surface area contributed by atoms with Gasteiger partial charge < -0.3 is 9.64 Å². The Kier molecular flexibility index (Phi) is 9.41. The number of nitrogens with zero attached hydrogens (tertiary/aromatic N) is 4. The summed E-state index contributed by atoms with van der Waals surface area (Å²) in [7, 11) is 0. The third-order valence-electron chi connectivity index (χ3n) is 4.76. The van der Waals surface area contributed by atoms with Crippen LogP contribution in [-0.4, -0.2) is 63.9 Å². The Morgan fingerprint density at radius 3 is 1.81 bits per heavy atom. The van der Waals surface area contributed by atoms with Crippen molar-refractivity contribution < 1.29 is 40.7 Å². The highest BCUT2D eigenvalue weighted by Crippen LogP contribution is 2.28. The third-order valence-corrected chi connectivity index (χ3v) is 4.76. The molecule has 36 heavy (non-hydrogen) atoms. The van der Waals surface area contributed by atoms with Crippen LogP contribution in [0, 0.1) is 0 Å². The van der Waals surface area contributed by atoms with E-state index in [-0.39, 0.29) is 11.7 Å². The highest BCUT2D eigenvalue weighted by atomic mass is 19.4. The molecule has 0 N–H and O–H groups in total. The molecular weight excluding hydrogens is 494 g/mol. The van der Waals surface area contributed by atoms with Gasteiger partial charge >= 0.3 is 18.4 Å². The first-order valence-electron chi connectivity index (χ1n) is 10.8. The molecule has 1 saturated heterocycles. The summed E-state index contributed by atoms with van der Waals surface area (Å²) >= 11 is 0. The molecule has 0 bridgehead atoms. The zero-order chi connectivity index (χ0) is 27.1. The molecule has 0 unspecified atom stereocenters. The first-order chi connectivity index (χ1) is 16.6. The summed E-state index contributed by atoms with van der Waals surface area (Å²) in [6.07, 6.45) is -6.62. The van der Waals surface area contributed by atoms with Crippen LogP contribution in [0.5, 0.6) is 0 Å². The first-order valence-corrected chi connectivity index (χ1v) is 10.8. The Bertz CT molecular complexity index is 995. The second-order valence-electron chi connectivity index (χ2n) is 8.89. The maximum Gasteiger partial charge on any atom is 0.433 e. The molecular formula is C23H26F6N4O3. The van der Waals surface area contributed by atoms with E-state index in [4.69, 9.17) is 4.74 Å². The molecule has 2 aromatic heterocycles. The lowest BCUT2D eigenvalue weighted by molar-refractivity contribution is -0.142. The lowest BCUT2D eigenvalue weighted by Crippen LogP contribution is -2.49. The molecule has 0 radical (unpaired) electrons. The summed E-state index contributed by atoms with van der Waals surface area (Å²) in [4.78, 5) is 32.3. The second-order valence-corrected chi connectivity index (χ2v) is 8.89. The average Bonchev–Trinajstić information content (AvgIpc) is 2.78. The fourth-order valence-corrected chi connectivity index (χ4v) is 3.00. The highest BCUT2D eigenvalue weighted by molar-refractivity contribution is 5.73. The van der Waals surface area contributed by atoms with Gasteiger partial charge in [0.25, 0.3) is 0 Å². The van der Waals surface area contributed by atoms with Gasteiger partial charge in [-0.3, -0.25) is 19.7 Å². The molecule has 0 saturated carbocycles. The minimum absolute atomic E-state index is 0.128. The van der Waals surface area contributed by atoms with Gasteiger partial charge in [0.05, 0.1) is 0 Å². The van der Waals surface area contributed by atoms with Crippen LogP contribution in [-0.2, 0) is 23.6 Å². The summed E-state index contributed by atoms with van der Waals surface area (Å²) < 4.78 is 78.4. The Morgan fingerprint density at radius 2 is 1.42 bits per heavy atom. The molecule has 0 aliphatic carbocycles. The van der Waals surface area contributed by atoms with Gasteiger partial charge in [-0.05, 0) is 44.5 Å². The van der Waals surface area contributed by atoms with Crippen LogP contribution in [0.25, 0.3) is 0 Å². The topological polar surface area (TPSA) is 75.6 Å². The number of aromatic nitrogens is 2. The molecule has 0 aromatic carbocycles. The average molecular weight is 520 g/mol. The molecule has 1 amide bonds. The molecule has 7 nitrogen and oxygen atoms in total. The summed E-state index contributed by atoms with van der Waals surface area (Å²) in [5.74, 6) is 0. The van der Waals surface area contributed by atoms with E-state index in [1.165, 1.54) is 12.3 Å². The van der Waals surface area contributed by atoms with Crippen molar-refractivity contribution >= 4 is 12.4 Å². The zero-order valence-electron chi connectivity index (χ0n) is 19.9. The number of halogens is 6. The number of rotatable bonds is 3. The van der Waals surface area contributed by atoms with Gasteiger partial charge in [0.2, 0.25) is 0 Å². The van der Waals surface area contributed by atoms with E-state index in [1.54, 1.807) is 4.90 Å². The minimum atomic E-state index is -4.44. The smallest absolute Gasteiger partial charge is 0.433 e. The van der Waals surface area contributed by atoms with Crippen LogP contribution in [0.1, 0.15) is 48.1 Å². The molecule has 0 atom stereocenters. The van der Waals surface area contributed by atoms with E-state index in [0.29, 0.717) is 44.6 Å². The van der Waals surface area contributed by atoms with Crippen LogP contribution < -0.4 is 0 Å². The first kappa shape index (κ1) is 29.0. The van der Waals surface area contributed by atoms with E-state index < -0.39 is 29.3 Å². The number of alkyl halides is 6. The monoisotopic (exact) mass is 520 g/mol. The predicted molar refractivity (Wildman–Crippen MR) is 117 cm³/mol. The van der Waals surface area contributed by atoms with E-state index in [9.17, 15) is 35.9 Å². The van der Waals surface area contributed by atoms with Gasteiger partial charge in [-0.1, -0.05) is 6.07 Å². The lowest BCUT2D eigenvalue weighted by atomic mass is 10.2. The van der Waals surface area contributed by atoms with Gasteiger partial charge in [0, 0.05) is 50.7 Å². The number of carbonyl (C=O) groups is 2. The fraction of sp³-hybridized carbons (Fsp3) is 0.478. The Labute approximate surface area is 204 Å². The quantitative estimate of drug-likeness (QED) is 0.416. The number of amides is 1. The SMILES string of the molecule is CC(C)(C)OC(=O)N1CCN(Cc2ccc(C(F)(F)F)nc2)CC1.O=Cc1ccc(C(F)(F)F)nc1. The van der Waals surface area contributed by atoms with Crippen molar-refractivity contribution in [1.29, 1.82) is 0 Å². The number of piperazine rings is 1. The van der Waals surface area contributed by atoms with Crippen molar-refractivity contribution in [1.82, 2.24) is 19.8 Å². The van der Waals surface area contributed by atoms with Gasteiger partial charge in [-0.15, -0.1) is 0 Å². The number of hydrogen-bond acceptors (Lipinski definition) is 6. The molecule has 198 valence electrons. The number of pyridine rings is 2. The maximum absolute atomic E-state index is 12.5. The molecule has 1 aliphatic heterocycles. The minimum Gasteiger partial charge on any atom is -0.444 e. The highest BCUT2D eigenvalue weighted by Gasteiger charge is 2.33.